The maximum absolute atomic E-state index is 12.2. The highest BCUT2D eigenvalue weighted by molar-refractivity contribution is 8.04. The van der Waals surface area contributed by atoms with Crippen molar-refractivity contribution in [3.8, 4) is 0 Å². The van der Waals surface area contributed by atoms with Crippen LogP contribution in [0.5, 0.6) is 0 Å². The summed E-state index contributed by atoms with van der Waals surface area (Å²) in [6.07, 6.45) is 0.883. The van der Waals surface area contributed by atoms with E-state index in [0.717, 1.165) is 12.2 Å². The smallest absolute Gasteiger partial charge is 0.265 e. The lowest BCUT2D eigenvalue weighted by molar-refractivity contribution is -0.112. The largest absolute Gasteiger partial charge is 0.496 e. The van der Waals surface area contributed by atoms with Crippen molar-refractivity contribution in [2.45, 2.75) is 33.2 Å². The molecule has 1 aliphatic rings. The van der Waals surface area contributed by atoms with E-state index in [1.807, 2.05) is 13.8 Å². The molecule has 0 bridgehead atoms. The number of thioether (sulfide) groups is 1. The third-order valence-electron chi connectivity index (χ3n) is 3.57. The second-order valence-electron chi connectivity index (χ2n) is 5.40. The van der Waals surface area contributed by atoms with Crippen molar-refractivity contribution < 1.29 is 14.3 Å². The van der Waals surface area contributed by atoms with Crippen molar-refractivity contribution in [2.75, 3.05) is 17.7 Å². The Kier molecular flexibility index (Phi) is 6.10. The molecule has 1 heterocycles. The van der Waals surface area contributed by atoms with E-state index < -0.39 is 0 Å². The fraction of sp³-hybridized carbons (Fsp3) is 0.412. The van der Waals surface area contributed by atoms with Crippen molar-refractivity contribution >= 4 is 29.3 Å². The fourth-order valence-corrected chi connectivity index (χ4v) is 2.85. The molecule has 1 aliphatic heterocycles. The Hall–Kier alpha value is -1.95. The first kappa shape index (κ1) is 17.4. The van der Waals surface area contributed by atoms with Crippen molar-refractivity contribution in [1.82, 2.24) is 5.32 Å². The number of benzene rings is 1. The van der Waals surface area contributed by atoms with Gasteiger partial charge in [-0.15, -0.1) is 11.8 Å². The van der Waals surface area contributed by atoms with E-state index in [0.29, 0.717) is 28.5 Å². The number of amides is 2. The zero-order valence-corrected chi connectivity index (χ0v) is 14.5. The highest BCUT2D eigenvalue weighted by Crippen LogP contribution is 2.26. The summed E-state index contributed by atoms with van der Waals surface area (Å²) in [5.74, 6) is 1.15. The molecule has 2 amide bonds. The van der Waals surface area contributed by atoms with E-state index in [1.165, 1.54) is 11.8 Å². The highest BCUT2D eigenvalue weighted by Gasteiger charge is 2.19. The average Bonchev–Trinajstić information content (AvgIpc) is 2.55. The van der Waals surface area contributed by atoms with Gasteiger partial charge in [0, 0.05) is 23.0 Å². The molecule has 0 unspecified atom stereocenters. The third-order valence-corrected chi connectivity index (χ3v) is 4.70. The molecule has 124 valence electrons. The first-order valence-electron chi connectivity index (χ1n) is 7.70. The molecule has 6 heteroatoms. The molecule has 2 rings (SSSR count). The molecule has 0 saturated heterocycles. The Morgan fingerprint density at radius 1 is 1.26 bits per heavy atom. The van der Waals surface area contributed by atoms with Crippen LogP contribution in [0.25, 0.3) is 0 Å². The number of carbonyl (C=O) groups excluding carboxylic acids is 2. The topological polar surface area (TPSA) is 67.4 Å². The maximum atomic E-state index is 12.2. The summed E-state index contributed by atoms with van der Waals surface area (Å²) in [6.45, 7) is 6.41. The number of ether oxygens (including phenoxy) is 1. The lowest BCUT2D eigenvalue weighted by Crippen LogP contribution is -2.31. The van der Waals surface area contributed by atoms with Crippen molar-refractivity contribution in [2.24, 2.45) is 0 Å². The van der Waals surface area contributed by atoms with Gasteiger partial charge in [-0.25, -0.2) is 0 Å². The Balaban J connectivity index is 2.00. The van der Waals surface area contributed by atoms with Gasteiger partial charge in [0.15, 0.2) is 0 Å². The standard InChI is InChI=1S/C17H22N2O3S/c1-4-11(2)18-16(20)13-5-7-14(8-6-13)19-17(21)15-12(3)22-9-10-23-15/h5-8,11H,4,9-10H2,1-3H3,(H,18,20)(H,19,21)/t11-/m0/s1. The molecule has 0 saturated carbocycles. The molecule has 23 heavy (non-hydrogen) atoms. The quantitative estimate of drug-likeness (QED) is 0.868. The Morgan fingerprint density at radius 2 is 1.96 bits per heavy atom. The van der Waals surface area contributed by atoms with Crippen LogP contribution in [0.15, 0.2) is 34.9 Å². The molecule has 1 atom stereocenters. The lowest BCUT2D eigenvalue weighted by Gasteiger charge is -2.17. The summed E-state index contributed by atoms with van der Waals surface area (Å²) >= 11 is 1.49. The van der Waals surface area contributed by atoms with E-state index in [1.54, 1.807) is 31.2 Å². The molecule has 0 fully saturated rings. The minimum Gasteiger partial charge on any atom is -0.496 e. The van der Waals surface area contributed by atoms with E-state index in [2.05, 4.69) is 10.6 Å². The average molecular weight is 334 g/mol. The van der Waals surface area contributed by atoms with Crippen molar-refractivity contribution in [1.29, 1.82) is 0 Å². The molecular formula is C17H22N2O3S. The van der Waals surface area contributed by atoms with Crippen LogP contribution in [0.4, 0.5) is 5.69 Å². The van der Waals surface area contributed by atoms with Gasteiger partial charge in [-0.3, -0.25) is 9.59 Å². The third kappa shape index (κ3) is 4.76. The second-order valence-corrected chi connectivity index (χ2v) is 6.50. The van der Waals surface area contributed by atoms with Gasteiger partial charge in [0.2, 0.25) is 0 Å². The molecule has 2 N–H and O–H groups in total. The summed E-state index contributed by atoms with van der Waals surface area (Å²) in [4.78, 5) is 24.9. The predicted molar refractivity (Wildman–Crippen MR) is 93.4 cm³/mol. The van der Waals surface area contributed by atoms with E-state index in [9.17, 15) is 9.59 Å². The fourth-order valence-electron chi connectivity index (χ4n) is 2.03. The predicted octanol–water partition coefficient (Wildman–Crippen LogP) is 3.15. The van der Waals surface area contributed by atoms with E-state index in [-0.39, 0.29) is 17.9 Å². The maximum Gasteiger partial charge on any atom is 0.265 e. The van der Waals surface area contributed by atoms with Crippen LogP contribution in [0.1, 0.15) is 37.6 Å². The van der Waals surface area contributed by atoms with Gasteiger partial charge < -0.3 is 15.4 Å². The number of carbonyl (C=O) groups is 2. The van der Waals surface area contributed by atoms with Gasteiger partial charge in [-0.05, 0) is 44.5 Å². The van der Waals surface area contributed by atoms with Crippen LogP contribution >= 0.6 is 11.8 Å². The van der Waals surface area contributed by atoms with Gasteiger partial charge >= 0.3 is 0 Å². The normalized spacial score (nSPS) is 15.6. The van der Waals surface area contributed by atoms with E-state index in [4.69, 9.17) is 4.74 Å². The summed E-state index contributed by atoms with van der Waals surface area (Å²) < 4.78 is 5.39. The summed E-state index contributed by atoms with van der Waals surface area (Å²) in [5, 5.41) is 5.74. The molecular weight excluding hydrogens is 312 g/mol. The summed E-state index contributed by atoms with van der Waals surface area (Å²) in [6, 6.07) is 7.01. The van der Waals surface area contributed by atoms with Crippen molar-refractivity contribution in [3.63, 3.8) is 0 Å². The number of allylic oxidation sites excluding steroid dienone is 1. The van der Waals surface area contributed by atoms with Gasteiger partial charge in [0.05, 0.1) is 6.61 Å². The molecule has 0 radical (unpaired) electrons. The SMILES string of the molecule is CC[C@H](C)NC(=O)c1ccc(NC(=O)C2=C(C)OCCS2)cc1. The van der Waals surface area contributed by atoms with Crippen LogP contribution in [0.3, 0.4) is 0 Å². The Bertz CT molecular complexity index is 611. The number of hydrogen-bond acceptors (Lipinski definition) is 4. The van der Waals surface area contributed by atoms with Gasteiger partial charge in [0.1, 0.15) is 10.7 Å². The van der Waals surface area contributed by atoms with Crippen LogP contribution < -0.4 is 10.6 Å². The summed E-state index contributed by atoms with van der Waals surface area (Å²) in [7, 11) is 0. The van der Waals surface area contributed by atoms with Crippen LogP contribution in [0, 0.1) is 0 Å². The second kappa shape index (κ2) is 8.06. The van der Waals surface area contributed by atoms with Crippen LogP contribution in [-0.2, 0) is 9.53 Å². The van der Waals surface area contributed by atoms with Crippen molar-refractivity contribution in [3.05, 3.63) is 40.5 Å². The molecule has 1 aromatic rings. The minimum atomic E-state index is -0.177. The van der Waals surface area contributed by atoms with Gasteiger partial charge in [0.25, 0.3) is 11.8 Å². The Labute approximate surface area is 140 Å². The van der Waals surface area contributed by atoms with Crippen LogP contribution in [-0.4, -0.2) is 30.2 Å². The van der Waals surface area contributed by atoms with Gasteiger partial charge in [-0.1, -0.05) is 6.92 Å². The molecule has 1 aromatic carbocycles. The molecule has 0 aromatic heterocycles. The lowest BCUT2D eigenvalue weighted by atomic mass is 10.1. The Morgan fingerprint density at radius 3 is 2.57 bits per heavy atom. The highest BCUT2D eigenvalue weighted by atomic mass is 32.2. The van der Waals surface area contributed by atoms with E-state index >= 15 is 0 Å². The first-order valence-corrected chi connectivity index (χ1v) is 8.68. The number of nitrogens with one attached hydrogen (secondary N) is 2. The zero-order valence-electron chi connectivity index (χ0n) is 13.6. The first-order chi connectivity index (χ1) is 11.0. The molecule has 0 aliphatic carbocycles. The zero-order chi connectivity index (χ0) is 16.8. The van der Waals surface area contributed by atoms with Crippen LogP contribution in [0.2, 0.25) is 0 Å². The monoisotopic (exact) mass is 334 g/mol. The number of hydrogen-bond donors (Lipinski definition) is 2. The number of rotatable bonds is 5. The number of anilines is 1. The summed E-state index contributed by atoms with van der Waals surface area (Å²) in [5.41, 5.74) is 1.23. The molecule has 5 nitrogen and oxygen atoms in total. The molecule has 0 spiro atoms. The minimum absolute atomic E-state index is 0.105. The van der Waals surface area contributed by atoms with Gasteiger partial charge in [-0.2, -0.15) is 0 Å².